The van der Waals surface area contributed by atoms with E-state index >= 15 is 0 Å². The van der Waals surface area contributed by atoms with Crippen LogP contribution in [0.4, 0.5) is 10.8 Å². The third kappa shape index (κ3) is 4.62. The minimum atomic E-state index is -0.223. The first-order valence-corrected chi connectivity index (χ1v) is 9.77. The van der Waals surface area contributed by atoms with Crippen LogP contribution < -0.4 is 10.1 Å². The van der Waals surface area contributed by atoms with Gasteiger partial charge in [-0.25, -0.2) is 0 Å². The molecule has 134 valence electrons. The fourth-order valence-corrected chi connectivity index (χ4v) is 4.26. The van der Waals surface area contributed by atoms with Crippen molar-refractivity contribution in [3.8, 4) is 5.75 Å². The van der Waals surface area contributed by atoms with Crippen molar-refractivity contribution in [1.82, 2.24) is 10.2 Å². The van der Waals surface area contributed by atoms with E-state index in [0.717, 1.165) is 26.9 Å². The summed E-state index contributed by atoms with van der Waals surface area (Å²) < 4.78 is 5.90. The Kier molecular flexibility index (Phi) is 5.90. The number of hydrogen-bond donors (Lipinski definition) is 1. The molecule has 0 radical (unpaired) electrons. The third-order valence-electron chi connectivity index (χ3n) is 3.73. The van der Waals surface area contributed by atoms with Gasteiger partial charge >= 0.3 is 0 Å². The molecule has 1 atom stereocenters. The normalized spacial score (nSPS) is 11.8. The number of rotatable bonds is 7. The van der Waals surface area contributed by atoms with Crippen LogP contribution in [-0.2, 0) is 0 Å². The lowest BCUT2D eigenvalue weighted by Gasteiger charge is -2.08. The third-order valence-corrected chi connectivity index (χ3v) is 5.75. The maximum Gasteiger partial charge on any atom is 0.210 e. The molecule has 2 aromatic carbocycles. The summed E-state index contributed by atoms with van der Waals surface area (Å²) in [6.45, 7) is 3.90. The smallest absolute Gasteiger partial charge is 0.210 e. The molecular formula is C19H19N3O2S2. The molecule has 3 rings (SSSR count). The molecule has 26 heavy (non-hydrogen) atoms. The number of benzene rings is 2. The first kappa shape index (κ1) is 18.4. The summed E-state index contributed by atoms with van der Waals surface area (Å²) in [5.74, 6) is 0.891. The molecule has 1 N–H and O–H groups in total. The molecule has 0 saturated carbocycles. The van der Waals surface area contributed by atoms with Crippen LogP contribution in [0.1, 0.15) is 22.8 Å². The van der Waals surface area contributed by atoms with Gasteiger partial charge in [0, 0.05) is 11.3 Å². The van der Waals surface area contributed by atoms with E-state index < -0.39 is 0 Å². The number of ketones is 1. The van der Waals surface area contributed by atoms with E-state index in [2.05, 4.69) is 15.5 Å². The number of nitrogens with one attached hydrogen (secondary N) is 1. The van der Waals surface area contributed by atoms with Crippen LogP contribution in [-0.4, -0.2) is 28.3 Å². The van der Waals surface area contributed by atoms with Gasteiger partial charge in [-0.3, -0.25) is 4.79 Å². The zero-order valence-corrected chi connectivity index (χ0v) is 16.4. The maximum absolute atomic E-state index is 12.5. The Morgan fingerprint density at radius 1 is 1.12 bits per heavy atom. The number of nitrogens with zero attached hydrogens (tertiary/aromatic N) is 2. The van der Waals surface area contributed by atoms with Crippen molar-refractivity contribution in [2.75, 3.05) is 12.4 Å². The number of thioether (sulfide) groups is 1. The van der Waals surface area contributed by atoms with E-state index in [-0.39, 0.29) is 11.0 Å². The van der Waals surface area contributed by atoms with Crippen molar-refractivity contribution in [2.45, 2.75) is 23.4 Å². The number of carbonyl (C=O) groups excluding carboxylic acids is 1. The lowest BCUT2D eigenvalue weighted by molar-refractivity contribution is 0.0994. The van der Waals surface area contributed by atoms with Crippen molar-refractivity contribution >= 4 is 39.7 Å². The molecule has 7 heteroatoms. The number of ether oxygens (including phenoxy) is 1. The molecule has 1 aromatic heterocycles. The van der Waals surface area contributed by atoms with Crippen LogP contribution in [0.25, 0.3) is 0 Å². The summed E-state index contributed by atoms with van der Waals surface area (Å²) in [6, 6.07) is 15.2. The second-order valence-corrected chi connectivity index (χ2v) is 8.28. The van der Waals surface area contributed by atoms with E-state index in [4.69, 9.17) is 4.74 Å². The number of methoxy groups -OCH3 is 1. The lowest BCUT2D eigenvalue weighted by atomic mass is 10.1. The lowest BCUT2D eigenvalue weighted by Crippen LogP contribution is -2.13. The highest BCUT2D eigenvalue weighted by molar-refractivity contribution is 8.02. The van der Waals surface area contributed by atoms with Gasteiger partial charge in [0.25, 0.3) is 0 Å². The van der Waals surface area contributed by atoms with Crippen LogP contribution in [0.2, 0.25) is 0 Å². The van der Waals surface area contributed by atoms with Crippen LogP contribution in [0.15, 0.2) is 52.9 Å². The zero-order chi connectivity index (χ0) is 18.5. The van der Waals surface area contributed by atoms with Gasteiger partial charge < -0.3 is 10.1 Å². The summed E-state index contributed by atoms with van der Waals surface area (Å²) in [5.41, 5.74) is 2.76. The molecule has 0 aliphatic heterocycles. The Morgan fingerprint density at radius 3 is 2.46 bits per heavy atom. The summed E-state index contributed by atoms with van der Waals surface area (Å²) in [6.07, 6.45) is 0. The number of aryl methyl sites for hydroxylation is 1. The molecule has 0 aliphatic carbocycles. The van der Waals surface area contributed by atoms with Gasteiger partial charge in [-0.15, -0.1) is 10.2 Å². The average molecular weight is 386 g/mol. The van der Waals surface area contributed by atoms with E-state index in [0.29, 0.717) is 5.13 Å². The van der Waals surface area contributed by atoms with E-state index in [9.17, 15) is 4.79 Å². The highest BCUT2D eigenvalue weighted by Crippen LogP contribution is 2.32. The molecule has 0 spiro atoms. The molecule has 0 aliphatic rings. The number of carbonyl (C=O) groups is 1. The topological polar surface area (TPSA) is 64.1 Å². The van der Waals surface area contributed by atoms with Gasteiger partial charge in [-0.1, -0.05) is 52.9 Å². The van der Waals surface area contributed by atoms with Crippen molar-refractivity contribution in [1.29, 1.82) is 0 Å². The second-order valence-electron chi connectivity index (χ2n) is 5.72. The van der Waals surface area contributed by atoms with Crippen molar-refractivity contribution in [3.63, 3.8) is 0 Å². The van der Waals surface area contributed by atoms with Crippen LogP contribution in [0, 0.1) is 6.92 Å². The molecule has 0 bridgehead atoms. The van der Waals surface area contributed by atoms with Gasteiger partial charge in [-0.2, -0.15) is 0 Å². The monoisotopic (exact) mass is 385 g/mol. The maximum atomic E-state index is 12.5. The predicted molar refractivity (Wildman–Crippen MR) is 107 cm³/mol. The average Bonchev–Trinajstić information content (AvgIpc) is 3.09. The van der Waals surface area contributed by atoms with E-state index in [1.165, 1.54) is 23.1 Å². The van der Waals surface area contributed by atoms with Gasteiger partial charge in [0.1, 0.15) is 5.75 Å². The fourth-order valence-electron chi connectivity index (χ4n) is 2.26. The Balaban J connectivity index is 1.61. The Bertz CT molecular complexity index is 877. The standard InChI is InChI=1S/C19H19N3O2S2/c1-12-4-6-14(7-5-12)17(23)13(2)25-19-22-21-18(26-19)20-15-8-10-16(24-3)11-9-15/h4-11,13H,1-3H3,(H,20,21). The number of Topliss-reactive ketones (excluding diaryl/α,β-unsaturated/α-hetero) is 1. The molecule has 3 aromatic rings. The van der Waals surface area contributed by atoms with Gasteiger partial charge in [0.15, 0.2) is 10.1 Å². The number of aromatic nitrogens is 2. The Labute approximate surface area is 160 Å². The largest absolute Gasteiger partial charge is 0.497 e. The van der Waals surface area contributed by atoms with Gasteiger partial charge in [-0.05, 0) is 38.1 Å². The molecule has 1 heterocycles. The highest BCUT2D eigenvalue weighted by atomic mass is 32.2. The van der Waals surface area contributed by atoms with E-state index in [1.54, 1.807) is 7.11 Å². The second kappa shape index (κ2) is 8.33. The number of hydrogen-bond acceptors (Lipinski definition) is 7. The molecular weight excluding hydrogens is 366 g/mol. The Hall–Kier alpha value is -2.38. The van der Waals surface area contributed by atoms with Crippen molar-refractivity contribution in [2.24, 2.45) is 0 Å². The van der Waals surface area contributed by atoms with Crippen LogP contribution >= 0.6 is 23.1 Å². The first-order chi connectivity index (χ1) is 12.5. The quantitative estimate of drug-likeness (QED) is 0.458. The SMILES string of the molecule is COc1ccc(Nc2nnc(SC(C)C(=O)c3ccc(C)cc3)s2)cc1. The van der Waals surface area contributed by atoms with Crippen LogP contribution in [0.5, 0.6) is 5.75 Å². The summed E-state index contributed by atoms with van der Waals surface area (Å²) in [5, 5.41) is 12.0. The summed E-state index contributed by atoms with van der Waals surface area (Å²) >= 11 is 2.85. The van der Waals surface area contributed by atoms with Gasteiger partial charge in [0.2, 0.25) is 5.13 Å². The van der Waals surface area contributed by atoms with E-state index in [1.807, 2.05) is 62.4 Å². The molecule has 0 fully saturated rings. The minimum absolute atomic E-state index is 0.0925. The van der Waals surface area contributed by atoms with Crippen molar-refractivity contribution in [3.05, 3.63) is 59.7 Å². The predicted octanol–water partition coefficient (Wildman–Crippen LogP) is 4.96. The van der Waals surface area contributed by atoms with Crippen molar-refractivity contribution < 1.29 is 9.53 Å². The molecule has 5 nitrogen and oxygen atoms in total. The molecule has 0 saturated heterocycles. The molecule has 0 amide bonds. The Morgan fingerprint density at radius 2 is 1.81 bits per heavy atom. The summed E-state index contributed by atoms with van der Waals surface area (Å²) in [4.78, 5) is 12.5. The van der Waals surface area contributed by atoms with Crippen LogP contribution in [0.3, 0.4) is 0 Å². The fraction of sp³-hybridized carbons (Fsp3) is 0.211. The minimum Gasteiger partial charge on any atom is -0.497 e. The zero-order valence-electron chi connectivity index (χ0n) is 14.7. The first-order valence-electron chi connectivity index (χ1n) is 8.07. The summed E-state index contributed by atoms with van der Waals surface area (Å²) in [7, 11) is 1.63. The number of anilines is 2. The van der Waals surface area contributed by atoms with Gasteiger partial charge in [0.05, 0.1) is 12.4 Å². The highest BCUT2D eigenvalue weighted by Gasteiger charge is 2.18. The molecule has 1 unspecified atom stereocenters.